The minimum Gasteiger partial charge on any atom is -0.331 e. The SMILES string of the molecule is Cc1ccc(NC(=O)CN(C)C(=O)c2nn(-c3ccc(F)cc3)c3c2CCC3)cc1. The molecule has 0 bridgehead atoms. The van der Waals surface area contributed by atoms with Gasteiger partial charge < -0.3 is 10.2 Å². The lowest BCUT2D eigenvalue weighted by atomic mass is 10.2. The largest absolute Gasteiger partial charge is 0.331 e. The van der Waals surface area contributed by atoms with Gasteiger partial charge in [0.05, 0.1) is 12.2 Å². The Morgan fingerprint density at radius 3 is 2.50 bits per heavy atom. The highest BCUT2D eigenvalue weighted by atomic mass is 19.1. The van der Waals surface area contributed by atoms with E-state index >= 15 is 0 Å². The second-order valence-corrected chi connectivity index (χ2v) is 7.59. The van der Waals surface area contributed by atoms with Crippen LogP contribution in [0.1, 0.15) is 33.7 Å². The molecule has 30 heavy (non-hydrogen) atoms. The van der Waals surface area contributed by atoms with Crippen molar-refractivity contribution in [2.45, 2.75) is 26.2 Å². The molecule has 2 aromatic carbocycles. The van der Waals surface area contributed by atoms with Gasteiger partial charge in [0.15, 0.2) is 5.69 Å². The highest BCUT2D eigenvalue weighted by molar-refractivity contribution is 5.99. The minimum absolute atomic E-state index is 0.0785. The molecule has 2 amide bonds. The first-order valence-electron chi connectivity index (χ1n) is 9.91. The molecule has 1 heterocycles. The Balaban J connectivity index is 1.51. The normalized spacial score (nSPS) is 12.5. The highest BCUT2D eigenvalue weighted by Gasteiger charge is 2.29. The van der Waals surface area contributed by atoms with Crippen LogP contribution >= 0.6 is 0 Å². The molecule has 1 aliphatic rings. The highest BCUT2D eigenvalue weighted by Crippen LogP contribution is 2.28. The molecule has 0 spiro atoms. The van der Waals surface area contributed by atoms with Crippen LogP contribution in [0.5, 0.6) is 0 Å². The van der Waals surface area contributed by atoms with Crippen molar-refractivity contribution in [1.29, 1.82) is 0 Å². The summed E-state index contributed by atoms with van der Waals surface area (Å²) >= 11 is 0. The maximum atomic E-state index is 13.3. The van der Waals surface area contributed by atoms with Crippen LogP contribution in [0, 0.1) is 12.7 Å². The van der Waals surface area contributed by atoms with Gasteiger partial charge in [0.1, 0.15) is 5.82 Å². The average Bonchev–Trinajstić information content (AvgIpc) is 3.33. The molecule has 3 aromatic rings. The maximum absolute atomic E-state index is 13.3. The molecule has 0 saturated heterocycles. The van der Waals surface area contributed by atoms with E-state index in [0.717, 1.165) is 36.1 Å². The third-order valence-corrected chi connectivity index (χ3v) is 5.27. The van der Waals surface area contributed by atoms with Crippen LogP contribution in [-0.4, -0.2) is 40.1 Å². The number of aromatic nitrogens is 2. The first-order chi connectivity index (χ1) is 14.4. The number of hydrogen-bond acceptors (Lipinski definition) is 3. The van der Waals surface area contributed by atoms with Crippen molar-refractivity contribution in [2.75, 3.05) is 18.9 Å². The van der Waals surface area contributed by atoms with Gasteiger partial charge in [0.2, 0.25) is 5.91 Å². The van der Waals surface area contributed by atoms with Crippen molar-refractivity contribution in [3.05, 3.63) is 76.9 Å². The van der Waals surface area contributed by atoms with Gasteiger partial charge in [-0.25, -0.2) is 9.07 Å². The molecular weight excluding hydrogens is 383 g/mol. The van der Waals surface area contributed by atoms with Crippen LogP contribution in [0.2, 0.25) is 0 Å². The molecule has 0 unspecified atom stereocenters. The van der Waals surface area contributed by atoms with Gasteiger partial charge in [-0.05, 0) is 62.6 Å². The van der Waals surface area contributed by atoms with E-state index in [0.29, 0.717) is 17.1 Å². The van der Waals surface area contributed by atoms with Gasteiger partial charge in [-0.3, -0.25) is 9.59 Å². The monoisotopic (exact) mass is 406 g/mol. The Bertz CT molecular complexity index is 1090. The number of fused-ring (bicyclic) bond motifs is 1. The number of rotatable bonds is 5. The Morgan fingerprint density at radius 1 is 1.10 bits per heavy atom. The van der Waals surface area contributed by atoms with Crippen LogP contribution in [0.4, 0.5) is 10.1 Å². The molecule has 0 atom stereocenters. The van der Waals surface area contributed by atoms with E-state index in [1.165, 1.54) is 17.0 Å². The van der Waals surface area contributed by atoms with Crippen molar-refractivity contribution < 1.29 is 14.0 Å². The van der Waals surface area contributed by atoms with Crippen LogP contribution in [0.15, 0.2) is 48.5 Å². The number of anilines is 1. The summed E-state index contributed by atoms with van der Waals surface area (Å²) in [6.45, 7) is 1.90. The molecule has 0 saturated carbocycles. The number of aryl methyl sites for hydroxylation is 1. The lowest BCUT2D eigenvalue weighted by molar-refractivity contribution is -0.116. The average molecular weight is 406 g/mol. The number of carbonyl (C=O) groups excluding carboxylic acids is 2. The Morgan fingerprint density at radius 2 is 1.80 bits per heavy atom. The summed E-state index contributed by atoms with van der Waals surface area (Å²) < 4.78 is 15.0. The fourth-order valence-corrected chi connectivity index (χ4v) is 3.71. The second-order valence-electron chi connectivity index (χ2n) is 7.59. The zero-order chi connectivity index (χ0) is 21.3. The van der Waals surface area contributed by atoms with Crippen molar-refractivity contribution >= 4 is 17.5 Å². The van der Waals surface area contributed by atoms with Gasteiger partial charge in [0.25, 0.3) is 5.91 Å². The van der Waals surface area contributed by atoms with E-state index < -0.39 is 0 Å². The van der Waals surface area contributed by atoms with E-state index in [9.17, 15) is 14.0 Å². The van der Waals surface area contributed by atoms with Gasteiger partial charge in [-0.1, -0.05) is 17.7 Å². The third kappa shape index (κ3) is 3.96. The first-order valence-corrected chi connectivity index (χ1v) is 9.91. The van der Waals surface area contributed by atoms with E-state index in [-0.39, 0.29) is 24.2 Å². The fraction of sp³-hybridized carbons (Fsp3) is 0.261. The third-order valence-electron chi connectivity index (χ3n) is 5.27. The molecule has 1 aromatic heterocycles. The molecular formula is C23H23FN4O2. The predicted molar refractivity (Wildman–Crippen MR) is 112 cm³/mol. The summed E-state index contributed by atoms with van der Waals surface area (Å²) in [5.74, 6) is -0.893. The summed E-state index contributed by atoms with van der Waals surface area (Å²) in [7, 11) is 1.59. The molecule has 6 nitrogen and oxygen atoms in total. The predicted octanol–water partition coefficient (Wildman–Crippen LogP) is 3.52. The van der Waals surface area contributed by atoms with Gasteiger partial charge in [-0.15, -0.1) is 0 Å². The van der Waals surface area contributed by atoms with Gasteiger partial charge in [0, 0.05) is 24.0 Å². The van der Waals surface area contributed by atoms with Gasteiger partial charge >= 0.3 is 0 Å². The van der Waals surface area contributed by atoms with E-state index in [4.69, 9.17) is 0 Å². The lowest BCUT2D eigenvalue weighted by Gasteiger charge is -2.16. The van der Waals surface area contributed by atoms with Crippen LogP contribution in [0.25, 0.3) is 5.69 Å². The number of benzene rings is 2. The Labute approximate surface area is 174 Å². The summed E-state index contributed by atoms with van der Waals surface area (Å²) in [6, 6.07) is 13.5. The topological polar surface area (TPSA) is 67.2 Å². The standard InChI is InChI=1S/C23H23FN4O2/c1-15-6-10-17(11-7-15)25-21(29)14-27(2)23(30)22-19-4-3-5-20(19)28(26-22)18-12-8-16(24)9-13-18/h6-13H,3-5,14H2,1-2H3,(H,25,29). The van der Waals surface area contributed by atoms with Crippen molar-refractivity contribution in [1.82, 2.24) is 14.7 Å². The smallest absolute Gasteiger partial charge is 0.274 e. The summed E-state index contributed by atoms with van der Waals surface area (Å²) in [5.41, 5.74) is 4.75. The van der Waals surface area contributed by atoms with E-state index in [2.05, 4.69) is 10.4 Å². The molecule has 4 rings (SSSR count). The number of nitrogens with zero attached hydrogens (tertiary/aromatic N) is 3. The molecule has 0 aliphatic heterocycles. The van der Waals surface area contributed by atoms with Gasteiger partial charge in [-0.2, -0.15) is 5.10 Å². The molecule has 0 fully saturated rings. The first kappa shape index (κ1) is 19.8. The zero-order valence-electron chi connectivity index (χ0n) is 17.0. The molecule has 154 valence electrons. The molecule has 1 N–H and O–H groups in total. The Kier molecular flexibility index (Phi) is 5.35. The second kappa shape index (κ2) is 8.10. The van der Waals surface area contributed by atoms with E-state index in [1.807, 2.05) is 31.2 Å². The van der Waals surface area contributed by atoms with E-state index in [1.54, 1.807) is 23.9 Å². The minimum atomic E-state index is -0.321. The molecule has 1 aliphatic carbocycles. The van der Waals surface area contributed by atoms with Crippen LogP contribution in [0.3, 0.4) is 0 Å². The number of likely N-dealkylation sites (N-methyl/N-ethyl adjacent to an activating group) is 1. The number of carbonyl (C=O) groups is 2. The van der Waals surface area contributed by atoms with Crippen molar-refractivity contribution in [3.8, 4) is 5.69 Å². The number of amides is 2. The molecule has 0 radical (unpaired) electrons. The summed E-state index contributed by atoms with van der Waals surface area (Å²) in [4.78, 5) is 26.8. The molecule has 7 heteroatoms. The lowest BCUT2D eigenvalue weighted by Crippen LogP contribution is -2.35. The number of hydrogen-bond donors (Lipinski definition) is 1. The van der Waals surface area contributed by atoms with Crippen molar-refractivity contribution in [3.63, 3.8) is 0 Å². The number of nitrogens with one attached hydrogen (secondary N) is 1. The quantitative estimate of drug-likeness (QED) is 0.705. The fourth-order valence-electron chi connectivity index (χ4n) is 3.71. The van der Waals surface area contributed by atoms with Crippen LogP contribution in [-0.2, 0) is 17.6 Å². The van der Waals surface area contributed by atoms with Crippen molar-refractivity contribution in [2.24, 2.45) is 0 Å². The number of halogens is 1. The van der Waals surface area contributed by atoms with Crippen LogP contribution < -0.4 is 5.32 Å². The Hall–Kier alpha value is -3.48. The maximum Gasteiger partial charge on any atom is 0.274 e. The summed E-state index contributed by atoms with van der Waals surface area (Å²) in [6.07, 6.45) is 2.51. The summed E-state index contributed by atoms with van der Waals surface area (Å²) in [5, 5.41) is 7.33. The zero-order valence-corrected chi connectivity index (χ0v) is 17.0.